The van der Waals surface area contributed by atoms with Gasteiger partial charge in [0.25, 0.3) is 0 Å². The van der Waals surface area contributed by atoms with Crippen LogP contribution >= 0.6 is 23.1 Å². The van der Waals surface area contributed by atoms with Crippen LogP contribution in [0.2, 0.25) is 0 Å². The van der Waals surface area contributed by atoms with Gasteiger partial charge in [-0.25, -0.2) is 4.98 Å². The average molecular weight is 284 g/mol. The summed E-state index contributed by atoms with van der Waals surface area (Å²) >= 11 is 2.62. The van der Waals surface area contributed by atoms with E-state index in [1.165, 1.54) is 0 Å². The van der Waals surface area contributed by atoms with Crippen molar-refractivity contribution in [3.63, 3.8) is 0 Å². The van der Waals surface area contributed by atoms with E-state index in [9.17, 15) is 13.2 Å². The lowest BCUT2D eigenvalue weighted by molar-refractivity contribution is -0.141. The van der Waals surface area contributed by atoms with Crippen LogP contribution in [0.1, 0.15) is 36.3 Å². The average Bonchev–Trinajstić information content (AvgIpc) is 2.56. The minimum absolute atomic E-state index is 0.00689. The molecule has 7 heteroatoms. The highest BCUT2D eigenvalue weighted by Crippen LogP contribution is 2.36. The molecule has 0 fully saturated rings. The van der Waals surface area contributed by atoms with Crippen LogP contribution in [0.25, 0.3) is 0 Å². The van der Waals surface area contributed by atoms with Crippen molar-refractivity contribution in [2.24, 2.45) is 5.73 Å². The van der Waals surface area contributed by atoms with Crippen LogP contribution in [0.5, 0.6) is 0 Å². The highest BCUT2D eigenvalue weighted by atomic mass is 32.2. The molecule has 0 saturated heterocycles. The van der Waals surface area contributed by atoms with Gasteiger partial charge in [-0.3, -0.25) is 0 Å². The maximum absolute atomic E-state index is 12.6. The molecule has 0 spiro atoms. The Morgan fingerprint density at radius 3 is 2.24 bits per heavy atom. The van der Waals surface area contributed by atoms with E-state index in [0.717, 1.165) is 11.3 Å². The molecule has 0 aliphatic rings. The van der Waals surface area contributed by atoms with Gasteiger partial charge in [0, 0.05) is 17.0 Å². The molecular weight excluding hydrogens is 269 g/mol. The molecule has 2 N–H and O–H groups in total. The van der Waals surface area contributed by atoms with E-state index in [0.29, 0.717) is 10.8 Å². The maximum Gasteiger partial charge on any atom is 0.434 e. The largest absolute Gasteiger partial charge is 0.434 e. The lowest BCUT2D eigenvalue weighted by atomic mass is 10.3. The number of hydrogen-bond acceptors (Lipinski definition) is 4. The second-order valence-corrected chi connectivity index (χ2v) is 7.45. The first-order chi connectivity index (χ1) is 7.63. The molecule has 1 aromatic rings. The molecule has 0 unspecified atom stereocenters. The smallest absolute Gasteiger partial charge is 0.326 e. The molecule has 17 heavy (non-hydrogen) atoms. The molecule has 1 heterocycles. The molecule has 2 nitrogen and oxygen atoms in total. The van der Waals surface area contributed by atoms with Gasteiger partial charge in [0.15, 0.2) is 5.69 Å². The van der Waals surface area contributed by atoms with Gasteiger partial charge in [-0.2, -0.15) is 13.2 Å². The molecule has 0 aliphatic heterocycles. The van der Waals surface area contributed by atoms with Crippen LogP contribution in [-0.4, -0.2) is 9.73 Å². The summed E-state index contributed by atoms with van der Waals surface area (Å²) in [5, 5.41) is 0.484. The van der Waals surface area contributed by atoms with Crippen molar-refractivity contribution in [3.05, 3.63) is 15.6 Å². The Hall–Kier alpha value is -0.270. The number of alkyl halides is 3. The minimum atomic E-state index is -4.41. The lowest BCUT2D eigenvalue weighted by Gasteiger charge is -2.16. The Morgan fingerprint density at radius 1 is 1.29 bits per heavy atom. The van der Waals surface area contributed by atoms with Crippen molar-refractivity contribution in [1.82, 2.24) is 4.98 Å². The molecule has 98 valence electrons. The zero-order valence-corrected chi connectivity index (χ0v) is 11.5. The van der Waals surface area contributed by atoms with Crippen molar-refractivity contribution < 1.29 is 13.2 Å². The molecule has 0 radical (unpaired) electrons. The van der Waals surface area contributed by atoms with Crippen LogP contribution < -0.4 is 5.73 Å². The summed E-state index contributed by atoms with van der Waals surface area (Å²) in [6.45, 7) is 5.92. The predicted octanol–water partition coefficient (Wildman–Crippen LogP) is 3.65. The zero-order valence-electron chi connectivity index (χ0n) is 9.89. The fraction of sp³-hybridized carbons (Fsp3) is 0.700. The SMILES string of the molecule is CC(C)(C)SCc1nc(C(F)(F)F)c(CN)s1. The number of thiazole rings is 1. The van der Waals surface area contributed by atoms with Crippen molar-refractivity contribution in [2.75, 3.05) is 0 Å². The standard InChI is InChI=1S/C10H15F3N2S2/c1-9(2,3)16-5-7-15-8(10(11,12)13)6(4-14)17-7/h4-5,14H2,1-3H3. The number of aromatic nitrogens is 1. The number of rotatable bonds is 3. The van der Waals surface area contributed by atoms with Crippen molar-refractivity contribution in [1.29, 1.82) is 0 Å². The number of hydrogen-bond donors (Lipinski definition) is 1. The van der Waals surface area contributed by atoms with E-state index in [1.54, 1.807) is 11.8 Å². The van der Waals surface area contributed by atoms with E-state index in [1.807, 2.05) is 20.8 Å². The third kappa shape index (κ3) is 4.48. The Balaban J connectivity index is 2.86. The Morgan fingerprint density at radius 2 is 1.88 bits per heavy atom. The molecule has 0 amide bonds. The van der Waals surface area contributed by atoms with E-state index in [4.69, 9.17) is 5.73 Å². The first-order valence-corrected chi connectivity index (χ1v) is 6.83. The number of thioether (sulfide) groups is 1. The molecule has 1 aromatic heterocycles. The predicted molar refractivity (Wildman–Crippen MR) is 66.1 cm³/mol. The van der Waals surface area contributed by atoms with Crippen molar-refractivity contribution in [3.8, 4) is 0 Å². The summed E-state index contributed by atoms with van der Waals surface area (Å²) in [5.74, 6) is 0.483. The quantitative estimate of drug-likeness (QED) is 0.920. The zero-order chi connectivity index (χ0) is 13.3. The monoisotopic (exact) mass is 284 g/mol. The van der Waals surface area contributed by atoms with E-state index >= 15 is 0 Å². The minimum Gasteiger partial charge on any atom is -0.326 e. The summed E-state index contributed by atoms with van der Waals surface area (Å²) in [7, 11) is 0. The molecular formula is C10H15F3N2S2. The number of nitrogens with zero attached hydrogens (tertiary/aromatic N) is 1. The highest BCUT2D eigenvalue weighted by molar-refractivity contribution is 7.99. The van der Waals surface area contributed by atoms with Crippen molar-refractivity contribution in [2.45, 2.75) is 44.0 Å². The van der Waals surface area contributed by atoms with E-state index in [-0.39, 0.29) is 16.2 Å². The second kappa shape index (κ2) is 5.16. The molecule has 0 bridgehead atoms. The van der Waals surface area contributed by atoms with E-state index < -0.39 is 11.9 Å². The van der Waals surface area contributed by atoms with E-state index in [2.05, 4.69) is 4.98 Å². The van der Waals surface area contributed by atoms with Gasteiger partial charge in [-0.15, -0.1) is 23.1 Å². The number of halogens is 3. The molecule has 0 aliphatic carbocycles. The normalized spacial score (nSPS) is 13.1. The number of nitrogens with two attached hydrogens (primary N) is 1. The molecule has 1 rings (SSSR count). The van der Waals surface area contributed by atoms with Crippen LogP contribution in [0.3, 0.4) is 0 Å². The van der Waals surface area contributed by atoms with Gasteiger partial charge in [-0.1, -0.05) is 20.8 Å². The maximum atomic E-state index is 12.6. The summed E-state index contributed by atoms with van der Waals surface area (Å²) in [6, 6.07) is 0. The molecule has 0 saturated carbocycles. The van der Waals surface area contributed by atoms with Gasteiger partial charge in [-0.05, 0) is 0 Å². The van der Waals surface area contributed by atoms with Crippen molar-refractivity contribution >= 4 is 23.1 Å². The second-order valence-electron chi connectivity index (χ2n) is 4.48. The topological polar surface area (TPSA) is 38.9 Å². The summed E-state index contributed by atoms with van der Waals surface area (Å²) in [4.78, 5) is 3.76. The van der Waals surface area contributed by atoms with Crippen LogP contribution in [0.15, 0.2) is 0 Å². The molecule has 0 atom stereocenters. The third-order valence-corrected chi connectivity index (χ3v) is 4.37. The van der Waals surface area contributed by atoms with Crippen LogP contribution in [0.4, 0.5) is 13.2 Å². The third-order valence-electron chi connectivity index (χ3n) is 1.82. The first kappa shape index (κ1) is 14.8. The first-order valence-electron chi connectivity index (χ1n) is 5.03. The van der Waals surface area contributed by atoms with Gasteiger partial charge in [0.05, 0.1) is 4.88 Å². The Labute approximate surface area is 107 Å². The highest BCUT2D eigenvalue weighted by Gasteiger charge is 2.37. The van der Waals surface area contributed by atoms with Gasteiger partial charge in [0.1, 0.15) is 5.01 Å². The Bertz CT molecular complexity index is 380. The summed E-state index contributed by atoms with van der Waals surface area (Å²) in [6.07, 6.45) is -4.41. The Kier molecular flexibility index (Phi) is 4.49. The summed E-state index contributed by atoms with van der Waals surface area (Å²) in [5.41, 5.74) is 4.48. The molecule has 0 aromatic carbocycles. The fourth-order valence-electron chi connectivity index (χ4n) is 1.10. The van der Waals surface area contributed by atoms with Gasteiger partial charge < -0.3 is 5.73 Å². The summed E-state index contributed by atoms with van der Waals surface area (Å²) < 4.78 is 37.8. The fourth-order valence-corrected chi connectivity index (χ4v) is 2.90. The van der Waals surface area contributed by atoms with Crippen LogP contribution in [-0.2, 0) is 18.5 Å². The lowest BCUT2D eigenvalue weighted by Crippen LogP contribution is -2.11. The van der Waals surface area contributed by atoms with Gasteiger partial charge >= 0.3 is 6.18 Å². The van der Waals surface area contributed by atoms with Gasteiger partial charge in [0.2, 0.25) is 0 Å². The van der Waals surface area contributed by atoms with Crippen LogP contribution in [0, 0.1) is 0 Å².